The van der Waals surface area contributed by atoms with Crippen LogP contribution in [0.5, 0.6) is 0 Å². The van der Waals surface area contributed by atoms with Gasteiger partial charge in [0.25, 0.3) is 0 Å². The van der Waals surface area contributed by atoms with Crippen molar-refractivity contribution in [1.29, 1.82) is 0 Å². The Balaban J connectivity index is 2.26. The van der Waals surface area contributed by atoms with E-state index >= 15 is 0 Å². The Morgan fingerprint density at radius 3 is 3.00 bits per heavy atom. The standard InChI is InChI=1S/C12H18O3/c1-2-10-14-12(13)15-11-8-6-4-3-5-7-9-11/h2-4,11H,1,5-10H2/b4-3-. The van der Waals surface area contributed by atoms with Gasteiger partial charge in [-0.15, -0.1) is 0 Å². The maximum atomic E-state index is 11.2. The average Bonchev–Trinajstić information content (AvgIpc) is 2.19. The molecule has 3 heteroatoms. The molecule has 1 atom stereocenters. The highest BCUT2D eigenvalue weighted by Crippen LogP contribution is 2.15. The Labute approximate surface area is 90.8 Å². The molecule has 0 aromatic carbocycles. The lowest BCUT2D eigenvalue weighted by atomic mass is 10.0. The van der Waals surface area contributed by atoms with Crippen LogP contribution in [0.2, 0.25) is 0 Å². The van der Waals surface area contributed by atoms with E-state index in [0.29, 0.717) is 0 Å². The summed E-state index contributed by atoms with van der Waals surface area (Å²) in [5, 5.41) is 0. The zero-order valence-corrected chi connectivity index (χ0v) is 8.98. The van der Waals surface area contributed by atoms with Crippen molar-refractivity contribution in [3.63, 3.8) is 0 Å². The van der Waals surface area contributed by atoms with Crippen LogP contribution in [-0.2, 0) is 9.47 Å². The predicted octanol–water partition coefficient (Wildman–Crippen LogP) is 3.21. The van der Waals surface area contributed by atoms with Gasteiger partial charge in [0, 0.05) is 0 Å². The highest BCUT2D eigenvalue weighted by molar-refractivity contribution is 5.60. The van der Waals surface area contributed by atoms with Crippen LogP contribution in [0.15, 0.2) is 24.8 Å². The van der Waals surface area contributed by atoms with Gasteiger partial charge in [-0.1, -0.05) is 24.8 Å². The highest BCUT2D eigenvalue weighted by Gasteiger charge is 2.14. The van der Waals surface area contributed by atoms with Gasteiger partial charge in [-0.3, -0.25) is 0 Å². The quantitative estimate of drug-likeness (QED) is 0.530. The van der Waals surface area contributed by atoms with Gasteiger partial charge in [0.15, 0.2) is 0 Å². The van der Waals surface area contributed by atoms with Crippen LogP contribution in [0.25, 0.3) is 0 Å². The third kappa shape index (κ3) is 5.25. The Morgan fingerprint density at radius 1 is 1.40 bits per heavy atom. The van der Waals surface area contributed by atoms with Crippen molar-refractivity contribution in [2.45, 2.75) is 38.2 Å². The van der Waals surface area contributed by atoms with Crippen LogP contribution < -0.4 is 0 Å². The first-order valence-corrected chi connectivity index (χ1v) is 5.42. The Morgan fingerprint density at radius 2 is 2.20 bits per heavy atom. The van der Waals surface area contributed by atoms with Crippen LogP contribution in [0.4, 0.5) is 4.79 Å². The Bertz CT molecular complexity index is 233. The SMILES string of the molecule is C=CCOC(=O)OC1CC/C=C\CCC1. The largest absolute Gasteiger partial charge is 0.508 e. The molecule has 0 saturated carbocycles. The zero-order valence-electron chi connectivity index (χ0n) is 8.98. The minimum absolute atomic E-state index is 0.00673. The second-order valence-electron chi connectivity index (χ2n) is 3.57. The fourth-order valence-corrected chi connectivity index (χ4v) is 1.54. The zero-order chi connectivity index (χ0) is 10.9. The lowest BCUT2D eigenvalue weighted by Gasteiger charge is -2.17. The maximum Gasteiger partial charge on any atom is 0.508 e. The van der Waals surface area contributed by atoms with Crippen molar-refractivity contribution in [3.8, 4) is 0 Å². The fourth-order valence-electron chi connectivity index (χ4n) is 1.54. The van der Waals surface area contributed by atoms with E-state index in [9.17, 15) is 4.79 Å². The Hall–Kier alpha value is -1.25. The number of hydrogen-bond acceptors (Lipinski definition) is 3. The number of rotatable bonds is 3. The van der Waals surface area contributed by atoms with Gasteiger partial charge in [0.1, 0.15) is 12.7 Å². The van der Waals surface area contributed by atoms with Gasteiger partial charge in [0.05, 0.1) is 0 Å². The number of hydrogen-bond donors (Lipinski definition) is 0. The van der Waals surface area contributed by atoms with Crippen molar-refractivity contribution in [2.75, 3.05) is 6.61 Å². The summed E-state index contributed by atoms with van der Waals surface area (Å²) in [5.74, 6) is 0. The first-order valence-electron chi connectivity index (χ1n) is 5.42. The fraction of sp³-hybridized carbons (Fsp3) is 0.583. The molecular formula is C12H18O3. The van der Waals surface area contributed by atoms with Gasteiger partial charge >= 0.3 is 6.16 Å². The maximum absolute atomic E-state index is 11.2. The summed E-state index contributed by atoms with van der Waals surface area (Å²) in [6.07, 6.45) is 10.2. The second-order valence-corrected chi connectivity index (χ2v) is 3.57. The molecule has 0 fully saturated rings. The minimum atomic E-state index is -0.579. The first-order chi connectivity index (χ1) is 7.33. The molecule has 0 radical (unpaired) electrons. The van der Waals surface area contributed by atoms with Crippen molar-refractivity contribution < 1.29 is 14.3 Å². The number of carbonyl (C=O) groups is 1. The van der Waals surface area contributed by atoms with E-state index in [4.69, 9.17) is 9.47 Å². The molecule has 84 valence electrons. The molecule has 1 aliphatic carbocycles. The summed E-state index contributed by atoms with van der Waals surface area (Å²) < 4.78 is 9.95. The summed E-state index contributed by atoms with van der Waals surface area (Å²) in [5.41, 5.74) is 0. The molecule has 1 rings (SSSR count). The van der Waals surface area contributed by atoms with E-state index in [1.807, 2.05) is 0 Å². The molecule has 0 amide bonds. The number of carbonyl (C=O) groups excluding carboxylic acids is 1. The molecule has 0 spiro atoms. The predicted molar refractivity (Wildman–Crippen MR) is 58.6 cm³/mol. The van der Waals surface area contributed by atoms with Crippen molar-refractivity contribution in [2.24, 2.45) is 0 Å². The van der Waals surface area contributed by atoms with E-state index in [1.54, 1.807) is 0 Å². The van der Waals surface area contributed by atoms with Gasteiger partial charge in [-0.05, 0) is 32.1 Å². The van der Waals surface area contributed by atoms with Crippen molar-refractivity contribution in [1.82, 2.24) is 0 Å². The second kappa shape index (κ2) is 7.10. The third-order valence-corrected chi connectivity index (χ3v) is 2.30. The van der Waals surface area contributed by atoms with Crippen LogP contribution in [0.1, 0.15) is 32.1 Å². The summed E-state index contributed by atoms with van der Waals surface area (Å²) in [7, 11) is 0. The van der Waals surface area contributed by atoms with Crippen molar-refractivity contribution in [3.05, 3.63) is 24.8 Å². The van der Waals surface area contributed by atoms with Gasteiger partial charge in [0.2, 0.25) is 0 Å². The van der Waals surface area contributed by atoms with E-state index < -0.39 is 6.16 Å². The molecule has 0 aliphatic heterocycles. The summed E-state index contributed by atoms with van der Waals surface area (Å²) >= 11 is 0. The molecule has 1 aliphatic rings. The lowest BCUT2D eigenvalue weighted by molar-refractivity contribution is 0.0231. The molecule has 15 heavy (non-hydrogen) atoms. The smallest absolute Gasteiger partial charge is 0.431 e. The van der Waals surface area contributed by atoms with E-state index in [-0.39, 0.29) is 12.7 Å². The first kappa shape index (κ1) is 11.8. The summed E-state index contributed by atoms with van der Waals surface area (Å²) in [6.45, 7) is 3.68. The topological polar surface area (TPSA) is 35.5 Å². The molecule has 0 bridgehead atoms. The van der Waals surface area contributed by atoms with E-state index in [2.05, 4.69) is 18.7 Å². The molecular weight excluding hydrogens is 192 g/mol. The monoisotopic (exact) mass is 210 g/mol. The van der Waals surface area contributed by atoms with E-state index in [0.717, 1.165) is 32.1 Å². The molecule has 3 nitrogen and oxygen atoms in total. The number of allylic oxidation sites excluding steroid dienone is 2. The third-order valence-electron chi connectivity index (χ3n) is 2.30. The number of ether oxygens (including phenoxy) is 2. The molecule has 0 N–H and O–H groups in total. The van der Waals surface area contributed by atoms with Gasteiger partial charge in [-0.2, -0.15) is 0 Å². The Kier molecular flexibility index (Phi) is 5.59. The van der Waals surface area contributed by atoms with E-state index in [1.165, 1.54) is 6.08 Å². The average molecular weight is 210 g/mol. The molecule has 0 heterocycles. The van der Waals surface area contributed by atoms with Crippen LogP contribution >= 0.6 is 0 Å². The summed E-state index contributed by atoms with van der Waals surface area (Å²) in [6, 6.07) is 0. The van der Waals surface area contributed by atoms with Gasteiger partial charge < -0.3 is 9.47 Å². The molecule has 0 saturated heterocycles. The normalized spacial score (nSPS) is 23.3. The minimum Gasteiger partial charge on any atom is -0.431 e. The molecule has 0 aromatic rings. The highest BCUT2D eigenvalue weighted by atomic mass is 16.7. The summed E-state index contributed by atoms with van der Waals surface area (Å²) in [4.78, 5) is 11.2. The van der Waals surface area contributed by atoms with Crippen LogP contribution in [-0.4, -0.2) is 18.9 Å². The lowest BCUT2D eigenvalue weighted by Crippen LogP contribution is -2.19. The van der Waals surface area contributed by atoms with Crippen LogP contribution in [0.3, 0.4) is 0 Å². The van der Waals surface area contributed by atoms with Gasteiger partial charge in [-0.25, -0.2) is 4.79 Å². The molecule has 0 aromatic heterocycles. The van der Waals surface area contributed by atoms with Crippen molar-refractivity contribution >= 4 is 6.16 Å². The molecule has 1 unspecified atom stereocenters. The van der Waals surface area contributed by atoms with Crippen LogP contribution in [0, 0.1) is 0 Å².